The average Bonchev–Trinajstić information content (AvgIpc) is 2.66. The number of nitrogens with one attached hydrogen (secondary N) is 2. The molecule has 0 saturated heterocycles. The van der Waals surface area contributed by atoms with E-state index < -0.39 is 0 Å². The normalized spacial score (nSPS) is 10.0. The van der Waals surface area contributed by atoms with Crippen molar-refractivity contribution in [3.05, 3.63) is 76.7 Å². The minimum absolute atomic E-state index is 0.183. The van der Waals surface area contributed by atoms with E-state index in [9.17, 15) is 4.79 Å². The minimum Gasteiger partial charge on any atom is -0.339 e. The van der Waals surface area contributed by atoms with Gasteiger partial charge in [-0.3, -0.25) is 4.79 Å². The van der Waals surface area contributed by atoms with Gasteiger partial charge in [0.2, 0.25) is 0 Å². The van der Waals surface area contributed by atoms with Crippen molar-refractivity contribution in [3.8, 4) is 6.07 Å². The molecule has 0 saturated carbocycles. The lowest BCUT2D eigenvalue weighted by atomic mass is 10.2. The van der Waals surface area contributed by atoms with Crippen LogP contribution in [-0.4, -0.2) is 15.9 Å². The van der Waals surface area contributed by atoms with E-state index in [1.807, 2.05) is 31.2 Å². The second-order valence-electron chi connectivity index (χ2n) is 5.47. The molecule has 0 unspecified atom stereocenters. The second-order valence-corrected chi connectivity index (χ2v) is 5.87. The molecule has 3 aromatic rings. The third-order valence-corrected chi connectivity index (χ3v) is 4.10. The first-order chi connectivity index (χ1) is 12.6. The first kappa shape index (κ1) is 17.4. The van der Waals surface area contributed by atoms with Crippen LogP contribution in [0.4, 0.5) is 17.2 Å². The number of amides is 1. The van der Waals surface area contributed by atoms with Crippen LogP contribution in [-0.2, 0) is 0 Å². The monoisotopic (exact) mass is 363 g/mol. The molecule has 0 spiro atoms. The summed E-state index contributed by atoms with van der Waals surface area (Å²) in [5, 5.41) is 15.3. The molecule has 2 N–H and O–H groups in total. The van der Waals surface area contributed by atoms with Crippen LogP contribution >= 0.6 is 11.6 Å². The van der Waals surface area contributed by atoms with Gasteiger partial charge in [0.05, 0.1) is 24.0 Å². The van der Waals surface area contributed by atoms with E-state index in [0.717, 1.165) is 11.3 Å². The van der Waals surface area contributed by atoms with Crippen molar-refractivity contribution in [1.29, 1.82) is 5.26 Å². The molecule has 0 fully saturated rings. The van der Waals surface area contributed by atoms with Crippen molar-refractivity contribution >= 4 is 34.7 Å². The highest BCUT2D eigenvalue weighted by Gasteiger charge is 2.09. The number of carbonyl (C=O) groups excluding carboxylic acids is 1. The Hall–Kier alpha value is -3.43. The predicted molar refractivity (Wildman–Crippen MR) is 101 cm³/mol. The summed E-state index contributed by atoms with van der Waals surface area (Å²) >= 11 is 6.10. The number of aromatic nitrogens is 2. The van der Waals surface area contributed by atoms with Crippen LogP contribution < -0.4 is 10.6 Å². The smallest absolute Gasteiger partial charge is 0.275 e. The van der Waals surface area contributed by atoms with E-state index in [4.69, 9.17) is 16.9 Å². The van der Waals surface area contributed by atoms with Gasteiger partial charge in [-0.2, -0.15) is 5.26 Å². The minimum atomic E-state index is -0.382. The molecule has 6 nitrogen and oxygen atoms in total. The largest absolute Gasteiger partial charge is 0.339 e. The summed E-state index contributed by atoms with van der Waals surface area (Å²) in [6.45, 7) is 1.90. The van der Waals surface area contributed by atoms with E-state index in [2.05, 4.69) is 20.6 Å². The zero-order valence-corrected chi connectivity index (χ0v) is 14.6. The number of carbonyl (C=O) groups is 1. The van der Waals surface area contributed by atoms with E-state index in [-0.39, 0.29) is 11.6 Å². The Kier molecular flexibility index (Phi) is 5.11. The molecule has 1 aromatic heterocycles. The Bertz CT molecular complexity index is 978. The molecule has 0 aliphatic carbocycles. The Morgan fingerprint density at radius 3 is 2.54 bits per heavy atom. The van der Waals surface area contributed by atoms with Crippen molar-refractivity contribution in [2.75, 3.05) is 10.6 Å². The van der Waals surface area contributed by atoms with Crippen molar-refractivity contribution in [2.45, 2.75) is 6.92 Å². The van der Waals surface area contributed by atoms with Gasteiger partial charge in [0.15, 0.2) is 0 Å². The van der Waals surface area contributed by atoms with Crippen LogP contribution in [0.15, 0.2) is 54.9 Å². The van der Waals surface area contributed by atoms with Gasteiger partial charge in [-0.15, -0.1) is 0 Å². The molecule has 1 amide bonds. The van der Waals surface area contributed by atoms with E-state index >= 15 is 0 Å². The Labute approximate surface area is 155 Å². The third-order valence-electron chi connectivity index (χ3n) is 3.69. The van der Waals surface area contributed by atoms with Gasteiger partial charge in [0.1, 0.15) is 11.5 Å². The van der Waals surface area contributed by atoms with Crippen LogP contribution in [0.1, 0.15) is 21.6 Å². The van der Waals surface area contributed by atoms with Crippen LogP contribution in [0.5, 0.6) is 0 Å². The van der Waals surface area contributed by atoms with Gasteiger partial charge in [-0.25, -0.2) is 9.97 Å². The topological polar surface area (TPSA) is 90.7 Å². The molecule has 0 aliphatic heterocycles. The highest BCUT2D eigenvalue weighted by atomic mass is 35.5. The van der Waals surface area contributed by atoms with Gasteiger partial charge >= 0.3 is 0 Å². The van der Waals surface area contributed by atoms with Gasteiger partial charge in [0.25, 0.3) is 5.91 Å². The molecule has 0 radical (unpaired) electrons. The predicted octanol–water partition coefficient (Wildman–Crippen LogP) is 4.31. The van der Waals surface area contributed by atoms with Gasteiger partial charge in [-0.05, 0) is 48.9 Å². The first-order valence-corrected chi connectivity index (χ1v) is 8.10. The van der Waals surface area contributed by atoms with Crippen LogP contribution in [0, 0.1) is 18.3 Å². The summed E-state index contributed by atoms with van der Waals surface area (Å²) in [7, 11) is 0. The zero-order chi connectivity index (χ0) is 18.5. The molecular weight excluding hydrogens is 350 g/mol. The summed E-state index contributed by atoms with van der Waals surface area (Å²) in [6, 6.07) is 14.1. The number of hydrogen-bond donors (Lipinski definition) is 2. The molecular formula is C19H14ClN5O. The lowest BCUT2D eigenvalue weighted by Crippen LogP contribution is -2.14. The van der Waals surface area contributed by atoms with E-state index in [0.29, 0.717) is 22.1 Å². The lowest BCUT2D eigenvalue weighted by Gasteiger charge is -2.10. The molecule has 3 rings (SSSR count). The highest BCUT2D eigenvalue weighted by Crippen LogP contribution is 2.25. The zero-order valence-electron chi connectivity index (χ0n) is 13.8. The Balaban J connectivity index is 1.69. The molecule has 128 valence electrons. The molecule has 2 aromatic carbocycles. The van der Waals surface area contributed by atoms with Gasteiger partial charge in [0, 0.05) is 16.4 Å². The van der Waals surface area contributed by atoms with E-state index in [1.54, 1.807) is 24.3 Å². The average molecular weight is 364 g/mol. The van der Waals surface area contributed by atoms with Crippen molar-refractivity contribution in [1.82, 2.24) is 9.97 Å². The summed E-state index contributed by atoms with van der Waals surface area (Å²) in [5.74, 6) is 0.123. The number of benzene rings is 2. The van der Waals surface area contributed by atoms with Crippen LogP contribution in [0.3, 0.4) is 0 Å². The summed E-state index contributed by atoms with van der Waals surface area (Å²) in [5.41, 5.74) is 3.00. The number of halogens is 1. The standard InChI is InChI=1S/C19H14ClN5O/c1-12-15(20)3-2-4-16(12)25-18-11-22-17(10-23-18)19(26)24-14-7-5-13(9-21)6-8-14/h2-8,10-11H,1H3,(H,23,25)(H,24,26). The van der Waals surface area contributed by atoms with Crippen LogP contribution in [0.2, 0.25) is 5.02 Å². The van der Waals surface area contributed by atoms with Crippen LogP contribution in [0.25, 0.3) is 0 Å². The SMILES string of the molecule is Cc1c(Cl)cccc1Nc1cnc(C(=O)Nc2ccc(C#N)cc2)cn1. The van der Waals surface area contributed by atoms with Crippen molar-refractivity contribution in [2.24, 2.45) is 0 Å². The van der Waals surface area contributed by atoms with E-state index in [1.165, 1.54) is 12.4 Å². The first-order valence-electron chi connectivity index (χ1n) is 7.72. The lowest BCUT2D eigenvalue weighted by molar-refractivity contribution is 0.102. The molecule has 26 heavy (non-hydrogen) atoms. The fourth-order valence-electron chi connectivity index (χ4n) is 2.21. The molecule has 7 heteroatoms. The fraction of sp³-hybridized carbons (Fsp3) is 0.0526. The number of anilines is 3. The Morgan fingerprint density at radius 2 is 1.88 bits per heavy atom. The number of rotatable bonds is 4. The maximum Gasteiger partial charge on any atom is 0.275 e. The maximum absolute atomic E-state index is 12.2. The van der Waals surface area contributed by atoms with Gasteiger partial charge < -0.3 is 10.6 Å². The maximum atomic E-state index is 12.2. The van der Waals surface area contributed by atoms with Gasteiger partial charge in [-0.1, -0.05) is 17.7 Å². The molecule has 0 aliphatic rings. The summed E-state index contributed by atoms with van der Waals surface area (Å²) in [6.07, 6.45) is 2.87. The fourth-order valence-corrected chi connectivity index (χ4v) is 2.39. The highest BCUT2D eigenvalue weighted by molar-refractivity contribution is 6.31. The number of nitrogens with zero attached hydrogens (tertiary/aromatic N) is 3. The molecule has 0 atom stereocenters. The Morgan fingerprint density at radius 1 is 1.12 bits per heavy atom. The number of nitriles is 1. The second kappa shape index (κ2) is 7.64. The molecule has 0 bridgehead atoms. The summed E-state index contributed by atoms with van der Waals surface area (Å²) < 4.78 is 0. The number of hydrogen-bond acceptors (Lipinski definition) is 5. The van der Waals surface area contributed by atoms with Crippen molar-refractivity contribution in [3.63, 3.8) is 0 Å². The summed E-state index contributed by atoms with van der Waals surface area (Å²) in [4.78, 5) is 20.6. The van der Waals surface area contributed by atoms with Crippen molar-refractivity contribution < 1.29 is 4.79 Å². The quantitative estimate of drug-likeness (QED) is 0.720. The third kappa shape index (κ3) is 3.97. The molecule has 1 heterocycles.